The van der Waals surface area contributed by atoms with E-state index in [1.165, 1.54) is 0 Å². The van der Waals surface area contributed by atoms with Crippen LogP contribution in [0.5, 0.6) is 0 Å². The van der Waals surface area contributed by atoms with Gasteiger partial charge in [0.15, 0.2) is 0 Å². The molecule has 0 fully saturated rings. The van der Waals surface area contributed by atoms with Crippen molar-refractivity contribution in [2.45, 2.75) is 7.43 Å². The van der Waals surface area contributed by atoms with E-state index in [-0.39, 0.29) is 69.0 Å². The number of hydrogen-bond acceptors (Lipinski definition) is 0. The third-order valence-corrected chi connectivity index (χ3v) is 0. The molecule has 4 heavy (non-hydrogen) atoms. The van der Waals surface area contributed by atoms with E-state index in [1.807, 2.05) is 0 Å². The van der Waals surface area contributed by atoms with Crippen molar-refractivity contribution in [3.63, 3.8) is 0 Å². The summed E-state index contributed by atoms with van der Waals surface area (Å²) in [5.41, 5.74) is 0. The van der Waals surface area contributed by atoms with Gasteiger partial charge in [0, 0.05) is 61.6 Å². The van der Waals surface area contributed by atoms with Gasteiger partial charge in [0.2, 0.25) is 0 Å². The smallest absolute Gasteiger partial charge is 0 e. The molecule has 0 aliphatic rings. The van der Waals surface area contributed by atoms with Crippen molar-refractivity contribution >= 4 is 0 Å². The molecule has 0 spiro atoms. The van der Waals surface area contributed by atoms with Crippen LogP contribution >= 0.6 is 0 Å². The fourth-order valence-electron chi connectivity index (χ4n) is 0. The molecule has 0 nitrogen and oxygen atoms in total. The van der Waals surface area contributed by atoms with E-state index in [2.05, 4.69) is 0 Å². The molecule has 0 atom stereocenters. The molecule has 3 heteroatoms. The maximum atomic E-state index is 0. The Morgan fingerprint density at radius 2 is 1.00 bits per heavy atom. The van der Waals surface area contributed by atoms with Gasteiger partial charge >= 0.3 is 0 Å². The van der Waals surface area contributed by atoms with Gasteiger partial charge in [-0.05, 0) is 0 Å². The Hall–Kier alpha value is 2.00. The summed E-state index contributed by atoms with van der Waals surface area (Å²) in [5, 5.41) is 0. The summed E-state index contributed by atoms with van der Waals surface area (Å²) in [4.78, 5) is 0. The minimum absolute atomic E-state index is 0. The summed E-state index contributed by atoms with van der Waals surface area (Å²) in [6.45, 7) is 0. The van der Waals surface area contributed by atoms with Crippen LogP contribution in [0.2, 0.25) is 0 Å². The first-order valence-electron chi connectivity index (χ1n) is 0. The molecule has 0 saturated carbocycles. The van der Waals surface area contributed by atoms with E-state index in [0.29, 0.717) is 0 Å². The van der Waals surface area contributed by atoms with Crippen LogP contribution < -0.4 is 0 Å². The minimum atomic E-state index is 0. The Morgan fingerprint density at radius 1 is 1.00 bits per heavy atom. The summed E-state index contributed by atoms with van der Waals surface area (Å²) >= 11 is 0. The fourth-order valence-corrected chi connectivity index (χ4v) is 0. The molecular weight excluding hydrogens is 492 g/mol. The van der Waals surface area contributed by atoms with Crippen LogP contribution in [-0.4, -0.2) is 0 Å². The Labute approximate surface area is 68.4 Å². The Morgan fingerprint density at radius 3 is 1.00 bits per heavy atom. The van der Waals surface area contributed by atoms with E-state index in [1.54, 1.807) is 0 Å². The molecule has 0 N–H and O–H groups in total. The first-order chi connectivity index (χ1) is 0. The van der Waals surface area contributed by atoms with Gasteiger partial charge in [-0.1, -0.05) is 7.43 Å². The topological polar surface area (TPSA) is 0 Å². The zero-order valence-electron chi connectivity index (χ0n) is 1.08. The average Bonchev–Trinajstić information content (AvgIpc) is 0. The van der Waals surface area contributed by atoms with Gasteiger partial charge in [-0.3, -0.25) is 0 Å². The largest absolute Gasteiger partial charge is 0.0776 e. The van der Waals surface area contributed by atoms with Gasteiger partial charge in [0.25, 0.3) is 0 Å². The number of hydrogen-bond donors (Lipinski definition) is 0. The molecule has 0 aliphatic carbocycles. The van der Waals surface area contributed by atoms with E-state index < -0.39 is 0 Å². The molecule has 32 valence electrons. The van der Waals surface area contributed by atoms with Crippen molar-refractivity contribution in [3.8, 4) is 0 Å². The summed E-state index contributed by atoms with van der Waals surface area (Å²) < 4.78 is 0. The molecular formula is CH4PtRuW. The van der Waals surface area contributed by atoms with E-state index in [9.17, 15) is 0 Å². The van der Waals surface area contributed by atoms with Gasteiger partial charge in [-0.2, -0.15) is 0 Å². The molecule has 0 heterocycles. The Bertz CT molecular complexity index is 8.00. The third-order valence-electron chi connectivity index (χ3n) is 0. The molecule has 0 unspecified atom stereocenters. The van der Waals surface area contributed by atoms with E-state index in [0.717, 1.165) is 0 Å². The summed E-state index contributed by atoms with van der Waals surface area (Å²) in [5.74, 6) is 0. The second kappa shape index (κ2) is 20.0. The molecule has 0 aromatic heterocycles. The summed E-state index contributed by atoms with van der Waals surface area (Å²) in [7, 11) is 0. The molecule has 0 aromatic carbocycles. The second-order valence-corrected chi connectivity index (χ2v) is 0. The number of rotatable bonds is 0. The Kier molecular flexibility index (Phi) is 188. The maximum absolute atomic E-state index is 0. The predicted molar refractivity (Wildman–Crippen MR) is 6.73 cm³/mol. The van der Waals surface area contributed by atoms with Gasteiger partial charge in [-0.15, -0.1) is 0 Å². The monoisotopic (exact) mass is 497 g/mol. The van der Waals surface area contributed by atoms with Crippen molar-refractivity contribution in [1.82, 2.24) is 0 Å². The SMILES string of the molecule is C.[Pt].[Ru].[W]. The fraction of sp³-hybridized carbons (Fsp3) is 1.00. The standard InChI is InChI=1S/CH4.Pt.Ru.W/h1H4;;;. The van der Waals surface area contributed by atoms with Crippen LogP contribution in [-0.2, 0) is 61.6 Å². The van der Waals surface area contributed by atoms with Crippen molar-refractivity contribution in [3.05, 3.63) is 0 Å². The predicted octanol–water partition coefficient (Wildman–Crippen LogP) is 0.629. The van der Waals surface area contributed by atoms with Gasteiger partial charge < -0.3 is 0 Å². The van der Waals surface area contributed by atoms with Crippen LogP contribution in [0.25, 0.3) is 0 Å². The zero-order valence-corrected chi connectivity index (χ0v) is 8.02. The molecule has 0 bridgehead atoms. The van der Waals surface area contributed by atoms with Gasteiger partial charge in [0.1, 0.15) is 0 Å². The molecule has 0 aromatic rings. The van der Waals surface area contributed by atoms with Gasteiger partial charge in [0.05, 0.1) is 0 Å². The molecule has 0 radical (unpaired) electrons. The van der Waals surface area contributed by atoms with E-state index >= 15 is 0 Å². The molecule has 0 rings (SSSR count). The normalized spacial score (nSPS) is 0. The third kappa shape index (κ3) is 9.00. The van der Waals surface area contributed by atoms with Crippen molar-refractivity contribution in [2.75, 3.05) is 0 Å². The van der Waals surface area contributed by atoms with Crippen molar-refractivity contribution < 1.29 is 61.6 Å². The van der Waals surface area contributed by atoms with Crippen LogP contribution in [0, 0.1) is 0 Å². The molecule has 0 amide bonds. The first-order valence-corrected chi connectivity index (χ1v) is 0. The Balaban J connectivity index is 0. The quantitative estimate of drug-likeness (QED) is 0.433. The zero-order chi connectivity index (χ0) is 0. The molecule has 0 aliphatic heterocycles. The average molecular weight is 496 g/mol. The van der Waals surface area contributed by atoms with Crippen LogP contribution in [0.3, 0.4) is 0 Å². The van der Waals surface area contributed by atoms with Crippen LogP contribution in [0.4, 0.5) is 0 Å². The minimum Gasteiger partial charge on any atom is -0.0776 e. The maximum Gasteiger partial charge on any atom is 0 e. The summed E-state index contributed by atoms with van der Waals surface area (Å²) in [6.07, 6.45) is 0. The van der Waals surface area contributed by atoms with E-state index in [4.69, 9.17) is 0 Å². The second-order valence-electron chi connectivity index (χ2n) is 0. The first kappa shape index (κ1) is 37.5. The molecule has 0 saturated heterocycles. The van der Waals surface area contributed by atoms with Gasteiger partial charge in [-0.25, -0.2) is 0 Å². The van der Waals surface area contributed by atoms with Crippen LogP contribution in [0.1, 0.15) is 7.43 Å². The van der Waals surface area contributed by atoms with Crippen molar-refractivity contribution in [2.24, 2.45) is 0 Å². The summed E-state index contributed by atoms with van der Waals surface area (Å²) in [6, 6.07) is 0. The van der Waals surface area contributed by atoms with Crippen LogP contribution in [0.15, 0.2) is 0 Å². The van der Waals surface area contributed by atoms with Crippen molar-refractivity contribution in [1.29, 1.82) is 0 Å².